The molecule has 1 fully saturated rings. The van der Waals surface area contributed by atoms with Crippen LogP contribution in [0.5, 0.6) is 11.5 Å². The highest BCUT2D eigenvalue weighted by atomic mass is 16.5. The lowest BCUT2D eigenvalue weighted by molar-refractivity contribution is -0.123. The molecule has 0 atom stereocenters. The van der Waals surface area contributed by atoms with E-state index in [2.05, 4.69) is 16.0 Å². The molecule has 3 rings (SSSR count). The number of rotatable bonds is 7. The van der Waals surface area contributed by atoms with E-state index in [0.717, 1.165) is 4.90 Å². The number of hydrogen-bond donors (Lipinski definition) is 1. The first kappa shape index (κ1) is 20.5. The quantitative estimate of drug-likeness (QED) is 0.323. The minimum absolute atomic E-state index is 0.0189. The SMILES string of the molecule is C#CCOc1ccc(/C=C2\NC(=O)N(Cc3ccc(C(=O)OC)o3)C2=O)cc1OC. The zero-order valence-electron chi connectivity index (χ0n) is 16.3. The molecule has 2 aromatic rings. The number of terminal acetylenes is 1. The van der Waals surface area contributed by atoms with E-state index < -0.39 is 17.9 Å². The van der Waals surface area contributed by atoms with Crippen molar-refractivity contribution in [3.05, 3.63) is 53.1 Å². The number of methoxy groups -OCH3 is 2. The zero-order valence-corrected chi connectivity index (χ0v) is 16.3. The standard InChI is InChI=1S/C21H18N2O7/c1-4-9-29-16-7-5-13(11-18(16)27-2)10-15-19(24)23(21(26)22-15)12-14-6-8-17(30-14)20(25)28-3/h1,5-8,10-11H,9,12H2,2-3H3,(H,22,26)/b15-10-. The fourth-order valence-electron chi connectivity index (χ4n) is 2.72. The third-order valence-corrected chi connectivity index (χ3v) is 4.13. The summed E-state index contributed by atoms with van der Waals surface area (Å²) >= 11 is 0. The van der Waals surface area contributed by atoms with Gasteiger partial charge in [-0.1, -0.05) is 12.0 Å². The number of furan rings is 1. The van der Waals surface area contributed by atoms with Crippen LogP contribution in [0.4, 0.5) is 4.79 Å². The van der Waals surface area contributed by atoms with E-state index in [4.69, 9.17) is 20.3 Å². The molecule has 1 aromatic carbocycles. The monoisotopic (exact) mass is 410 g/mol. The topological polar surface area (TPSA) is 107 Å². The Morgan fingerprint density at radius 2 is 2.03 bits per heavy atom. The van der Waals surface area contributed by atoms with Gasteiger partial charge in [-0.15, -0.1) is 6.42 Å². The van der Waals surface area contributed by atoms with Crippen molar-refractivity contribution in [3.63, 3.8) is 0 Å². The van der Waals surface area contributed by atoms with Crippen LogP contribution in [-0.2, 0) is 16.1 Å². The molecular weight excluding hydrogens is 392 g/mol. The van der Waals surface area contributed by atoms with E-state index in [1.54, 1.807) is 18.2 Å². The van der Waals surface area contributed by atoms with Crippen LogP contribution in [0.1, 0.15) is 21.9 Å². The molecule has 1 saturated heterocycles. The van der Waals surface area contributed by atoms with E-state index >= 15 is 0 Å². The predicted octanol–water partition coefficient (Wildman–Crippen LogP) is 2.18. The van der Waals surface area contributed by atoms with E-state index in [9.17, 15) is 14.4 Å². The molecule has 0 aliphatic carbocycles. The Morgan fingerprint density at radius 1 is 1.23 bits per heavy atom. The van der Waals surface area contributed by atoms with Gasteiger partial charge in [-0.25, -0.2) is 9.59 Å². The van der Waals surface area contributed by atoms with Crippen LogP contribution in [0.2, 0.25) is 0 Å². The minimum atomic E-state index is -0.650. The lowest BCUT2D eigenvalue weighted by atomic mass is 10.1. The number of carbonyl (C=O) groups excluding carboxylic acids is 3. The molecular formula is C21H18N2O7. The van der Waals surface area contributed by atoms with Crippen LogP contribution < -0.4 is 14.8 Å². The second-order valence-electron chi connectivity index (χ2n) is 6.04. The number of hydrogen-bond acceptors (Lipinski definition) is 7. The Balaban J connectivity index is 1.77. The summed E-state index contributed by atoms with van der Waals surface area (Å²) in [6, 6.07) is 7.29. The van der Waals surface area contributed by atoms with Gasteiger partial charge in [-0.05, 0) is 35.9 Å². The number of benzene rings is 1. The molecule has 1 aliphatic rings. The maximum Gasteiger partial charge on any atom is 0.373 e. The van der Waals surface area contributed by atoms with Crippen LogP contribution in [-0.4, -0.2) is 43.6 Å². The second kappa shape index (κ2) is 8.87. The molecule has 154 valence electrons. The van der Waals surface area contributed by atoms with Crippen molar-refractivity contribution in [2.75, 3.05) is 20.8 Å². The molecule has 3 amide bonds. The number of urea groups is 1. The molecule has 9 nitrogen and oxygen atoms in total. The fraction of sp³-hybridized carbons (Fsp3) is 0.190. The molecule has 1 aromatic heterocycles. The van der Waals surface area contributed by atoms with E-state index in [1.807, 2.05) is 0 Å². The van der Waals surface area contributed by atoms with Crippen molar-refractivity contribution in [2.45, 2.75) is 6.54 Å². The highest BCUT2D eigenvalue weighted by Gasteiger charge is 2.34. The second-order valence-corrected chi connectivity index (χ2v) is 6.04. The predicted molar refractivity (Wildman–Crippen MR) is 104 cm³/mol. The number of amides is 3. The normalized spacial score (nSPS) is 14.4. The lowest BCUT2D eigenvalue weighted by Crippen LogP contribution is -2.30. The third-order valence-electron chi connectivity index (χ3n) is 4.13. The van der Waals surface area contributed by atoms with Crippen molar-refractivity contribution in [2.24, 2.45) is 0 Å². The van der Waals surface area contributed by atoms with Crippen molar-refractivity contribution in [1.29, 1.82) is 0 Å². The van der Waals surface area contributed by atoms with Crippen LogP contribution in [0.3, 0.4) is 0 Å². The molecule has 0 radical (unpaired) electrons. The molecule has 0 unspecified atom stereocenters. The summed E-state index contributed by atoms with van der Waals surface area (Å²) in [4.78, 5) is 37.3. The van der Waals surface area contributed by atoms with Gasteiger partial charge >= 0.3 is 12.0 Å². The number of nitrogens with one attached hydrogen (secondary N) is 1. The third kappa shape index (κ3) is 4.28. The summed E-state index contributed by atoms with van der Waals surface area (Å²) in [5.74, 6) is 2.31. The molecule has 9 heteroatoms. The van der Waals surface area contributed by atoms with Gasteiger partial charge in [0.1, 0.15) is 18.1 Å². The van der Waals surface area contributed by atoms with Gasteiger partial charge in [0, 0.05) is 0 Å². The first-order valence-electron chi connectivity index (χ1n) is 8.72. The molecule has 30 heavy (non-hydrogen) atoms. The minimum Gasteiger partial charge on any atom is -0.493 e. The number of imide groups is 1. The van der Waals surface area contributed by atoms with Gasteiger partial charge in [-0.3, -0.25) is 9.69 Å². The average Bonchev–Trinajstić information content (AvgIpc) is 3.32. The molecule has 0 bridgehead atoms. The maximum absolute atomic E-state index is 12.6. The highest BCUT2D eigenvalue weighted by molar-refractivity contribution is 6.13. The molecule has 1 N–H and O–H groups in total. The summed E-state index contributed by atoms with van der Waals surface area (Å²) in [5, 5.41) is 2.52. The largest absolute Gasteiger partial charge is 0.493 e. The van der Waals surface area contributed by atoms with Crippen molar-refractivity contribution < 1.29 is 33.0 Å². The average molecular weight is 410 g/mol. The summed E-state index contributed by atoms with van der Waals surface area (Å²) < 4.78 is 20.5. The fourth-order valence-corrected chi connectivity index (χ4v) is 2.72. The molecule has 1 aliphatic heterocycles. The molecule has 0 saturated carbocycles. The Hall–Kier alpha value is -4.19. The number of nitrogens with zero attached hydrogens (tertiary/aromatic N) is 1. The first-order chi connectivity index (χ1) is 14.5. The van der Waals surface area contributed by atoms with Crippen molar-refractivity contribution >= 4 is 24.0 Å². The van der Waals surface area contributed by atoms with Crippen molar-refractivity contribution in [1.82, 2.24) is 10.2 Å². The highest BCUT2D eigenvalue weighted by Crippen LogP contribution is 2.29. The van der Waals surface area contributed by atoms with Crippen LogP contribution in [0.25, 0.3) is 6.08 Å². The number of esters is 1. The Bertz CT molecular complexity index is 1060. The number of ether oxygens (including phenoxy) is 3. The number of carbonyl (C=O) groups is 3. The Kier molecular flexibility index (Phi) is 6.08. The van der Waals surface area contributed by atoms with Gasteiger partial charge in [0.25, 0.3) is 5.91 Å². The Morgan fingerprint density at radius 3 is 2.73 bits per heavy atom. The van der Waals surface area contributed by atoms with Gasteiger partial charge in [0.2, 0.25) is 5.76 Å². The summed E-state index contributed by atoms with van der Waals surface area (Å²) in [7, 11) is 2.70. The first-order valence-corrected chi connectivity index (χ1v) is 8.72. The van der Waals surface area contributed by atoms with E-state index in [1.165, 1.54) is 32.4 Å². The van der Waals surface area contributed by atoms with Gasteiger partial charge in [0.05, 0.1) is 20.8 Å². The Labute approximate surface area is 172 Å². The maximum atomic E-state index is 12.6. The van der Waals surface area contributed by atoms with Gasteiger partial charge < -0.3 is 23.9 Å². The van der Waals surface area contributed by atoms with E-state index in [0.29, 0.717) is 17.1 Å². The van der Waals surface area contributed by atoms with Crippen LogP contribution >= 0.6 is 0 Å². The smallest absolute Gasteiger partial charge is 0.373 e. The lowest BCUT2D eigenvalue weighted by Gasteiger charge is -2.10. The van der Waals surface area contributed by atoms with Crippen LogP contribution in [0.15, 0.2) is 40.4 Å². The van der Waals surface area contributed by atoms with Gasteiger partial charge in [0.15, 0.2) is 11.5 Å². The van der Waals surface area contributed by atoms with E-state index in [-0.39, 0.29) is 30.4 Å². The zero-order chi connectivity index (χ0) is 21.7. The van der Waals surface area contributed by atoms with Gasteiger partial charge in [-0.2, -0.15) is 0 Å². The van der Waals surface area contributed by atoms with Crippen LogP contribution in [0, 0.1) is 12.3 Å². The molecule has 2 heterocycles. The molecule has 0 spiro atoms. The summed E-state index contributed by atoms with van der Waals surface area (Å²) in [5.41, 5.74) is 0.690. The summed E-state index contributed by atoms with van der Waals surface area (Å²) in [6.07, 6.45) is 6.70. The van der Waals surface area contributed by atoms with Crippen molar-refractivity contribution in [3.8, 4) is 23.8 Å². The summed E-state index contributed by atoms with van der Waals surface area (Å²) in [6.45, 7) is -0.0496.